The Bertz CT molecular complexity index is 751. The molecule has 0 radical (unpaired) electrons. The third-order valence-electron chi connectivity index (χ3n) is 3.12. The third kappa shape index (κ3) is 3.26. The number of pyridine rings is 2. The highest BCUT2D eigenvalue weighted by Gasteiger charge is 2.02. The van der Waals surface area contributed by atoms with Crippen LogP contribution in [0.2, 0.25) is 0 Å². The summed E-state index contributed by atoms with van der Waals surface area (Å²) >= 11 is 0. The number of nitrogens with zero attached hydrogens (tertiary/aromatic N) is 2. The van der Waals surface area contributed by atoms with Gasteiger partial charge in [-0.25, -0.2) is 4.98 Å². The standard InChI is InChI=1S/C18H16N2O/c1-13-5-3-7-17(19-13)15-9-11-16(12-10-15)21-18-8-4-6-14(2)20-18/h3-12H,1-2H3. The van der Waals surface area contributed by atoms with Crippen LogP contribution in [0, 0.1) is 13.8 Å². The fourth-order valence-electron chi connectivity index (χ4n) is 2.09. The Morgan fingerprint density at radius 1 is 0.714 bits per heavy atom. The molecular formula is C18H16N2O. The van der Waals surface area contributed by atoms with Crippen LogP contribution in [-0.4, -0.2) is 9.97 Å². The summed E-state index contributed by atoms with van der Waals surface area (Å²) < 4.78 is 5.74. The molecule has 3 nitrogen and oxygen atoms in total. The second-order valence-electron chi connectivity index (χ2n) is 4.91. The van der Waals surface area contributed by atoms with E-state index in [9.17, 15) is 0 Å². The second kappa shape index (κ2) is 5.75. The lowest BCUT2D eigenvalue weighted by Crippen LogP contribution is -1.90. The Hall–Kier alpha value is -2.68. The monoisotopic (exact) mass is 276 g/mol. The summed E-state index contributed by atoms with van der Waals surface area (Å²) in [4.78, 5) is 8.84. The van der Waals surface area contributed by atoms with Crippen molar-refractivity contribution in [1.29, 1.82) is 0 Å². The molecule has 0 spiro atoms. The van der Waals surface area contributed by atoms with Crippen molar-refractivity contribution in [3.8, 4) is 22.9 Å². The van der Waals surface area contributed by atoms with Crippen molar-refractivity contribution < 1.29 is 4.74 Å². The summed E-state index contributed by atoms with van der Waals surface area (Å²) in [7, 11) is 0. The van der Waals surface area contributed by atoms with Crippen LogP contribution in [0.1, 0.15) is 11.4 Å². The molecule has 0 N–H and O–H groups in total. The van der Waals surface area contributed by atoms with Gasteiger partial charge in [0, 0.05) is 23.0 Å². The lowest BCUT2D eigenvalue weighted by Gasteiger charge is -2.07. The minimum Gasteiger partial charge on any atom is -0.439 e. The molecule has 2 aromatic heterocycles. The van der Waals surface area contributed by atoms with E-state index in [1.54, 1.807) is 0 Å². The van der Waals surface area contributed by atoms with E-state index in [1.807, 2.05) is 74.5 Å². The molecule has 3 rings (SSSR count). The van der Waals surface area contributed by atoms with Gasteiger partial charge in [-0.15, -0.1) is 0 Å². The number of benzene rings is 1. The highest BCUT2D eigenvalue weighted by Crippen LogP contribution is 2.24. The van der Waals surface area contributed by atoms with Crippen LogP contribution in [0.15, 0.2) is 60.7 Å². The van der Waals surface area contributed by atoms with Crippen LogP contribution in [0.3, 0.4) is 0 Å². The predicted octanol–water partition coefficient (Wildman–Crippen LogP) is 4.55. The summed E-state index contributed by atoms with van der Waals surface area (Å²) in [5.74, 6) is 1.38. The zero-order valence-electron chi connectivity index (χ0n) is 12.1. The molecular weight excluding hydrogens is 260 g/mol. The van der Waals surface area contributed by atoms with Gasteiger partial charge in [0.05, 0.1) is 5.69 Å². The summed E-state index contributed by atoms with van der Waals surface area (Å²) in [5, 5.41) is 0. The smallest absolute Gasteiger partial charge is 0.219 e. The molecule has 0 saturated carbocycles. The first-order valence-electron chi connectivity index (χ1n) is 6.86. The fourth-order valence-corrected chi connectivity index (χ4v) is 2.09. The van der Waals surface area contributed by atoms with Crippen LogP contribution in [0.25, 0.3) is 11.3 Å². The van der Waals surface area contributed by atoms with Crippen LogP contribution in [0.5, 0.6) is 11.6 Å². The summed E-state index contributed by atoms with van der Waals surface area (Å²) in [6, 6.07) is 19.6. The number of ether oxygens (including phenoxy) is 1. The van der Waals surface area contributed by atoms with Crippen molar-refractivity contribution in [2.24, 2.45) is 0 Å². The van der Waals surface area contributed by atoms with Gasteiger partial charge >= 0.3 is 0 Å². The third-order valence-corrected chi connectivity index (χ3v) is 3.12. The Morgan fingerprint density at radius 3 is 2.05 bits per heavy atom. The van der Waals surface area contributed by atoms with E-state index in [0.717, 1.165) is 28.4 Å². The zero-order chi connectivity index (χ0) is 14.7. The van der Waals surface area contributed by atoms with Crippen LogP contribution in [0.4, 0.5) is 0 Å². The van der Waals surface area contributed by atoms with Crippen molar-refractivity contribution >= 4 is 0 Å². The molecule has 0 saturated heterocycles. The van der Waals surface area contributed by atoms with Crippen LogP contribution >= 0.6 is 0 Å². The number of rotatable bonds is 3. The Balaban J connectivity index is 1.81. The highest BCUT2D eigenvalue weighted by molar-refractivity contribution is 5.60. The minimum atomic E-state index is 0.608. The van der Waals surface area contributed by atoms with Crippen molar-refractivity contribution in [2.75, 3.05) is 0 Å². The molecule has 0 aliphatic rings. The molecule has 3 heteroatoms. The topological polar surface area (TPSA) is 35.0 Å². The summed E-state index contributed by atoms with van der Waals surface area (Å²) in [5.41, 5.74) is 3.99. The van der Waals surface area contributed by atoms with Gasteiger partial charge in [-0.1, -0.05) is 12.1 Å². The van der Waals surface area contributed by atoms with Crippen molar-refractivity contribution in [1.82, 2.24) is 9.97 Å². The molecule has 0 unspecified atom stereocenters. The van der Waals surface area contributed by atoms with E-state index < -0.39 is 0 Å². The molecule has 104 valence electrons. The van der Waals surface area contributed by atoms with E-state index in [1.165, 1.54) is 0 Å². The van der Waals surface area contributed by atoms with Gasteiger partial charge < -0.3 is 4.74 Å². The SMILES string of the molecule is Cc1cccc(Oc2ccc(-c3cccc(C)n3)cc2)n1. The molecule has 0 aliphatic heterocycles. The highest BCUT2D eigenvalue weighted by atomic mass is 16.5. The van der Waals surface area contributed by atoms with Crippen molar-refractivity contribution in [3.05, 3.63) is 72.1 Å². The Morgan fingerprint density at radius 2 is 1.38 bits per heavy atom. The lowest BCUT2D eigenvalue weighted by atomic mass is 10.1. The van der Waals surface area contributed by atoms with Crippen molar-refractivity contribution in [3.63, 3.8) is 0 Å². The van der Waals surface area contributed by atoms with E-state index >= 15 is 0 Å². The van der Waals surface area contributed by atoms with Gasteiger partial charge in [-0.2, -0.15) is 0 Å². The van der Waals surface area contributed by atoms with E-state index in [0.29, 0.717) is 5.88 Å². The van der Waals surface area contributed by atoms with Crippen LogP contribution in [-0.2, 0) is 0 Å². The molecule has 2 heterocycles. The molecule has 21 heavy (non-hydrogen) atoms. The maximum atomic E-state index is 5.74. The number of hydrogen-bond acceptors (Lipinski definition) is 3. The number of hydrogen-bond donors (Lipinski definition) is 0. The van der Waals surface area contributed by atoms with Gasteiger partial charge in [-0.3, -0.25) is 4.98 Å². The number of aromatic nitrogens is 2. The average Bonchev–Trinajstić information content (AvgIpc) is 2.48. The van der Waals surface area contributed by atoms with Gasteiger partial charge in [0.1, 0.15) is 5.75 Å². The molecule has 1 aromatic carbocycles. The van der Waals surface area contributed by atoms with Gasteiger partial charge in [0.25, 0.3) is 0 Å². The maximum Gasteiger partial charge on any atom is 0.219 e. The molecule has 0 amide bonds. The fraction of sp³-hybridized carbons (Fsp3) is 0.111. The predicted molar refractivity (Wildman–Crippen MR) is 83.5 cm³/mol. The first-order valence-corrected chi connectivity index (χ1v) is 6.86. The van der Waals surface area contributed by atoms with Crippen molar-refractivity contribution in [2.45, 2.75) is 13.8 Å². The first-order chi connectivity index (χ1) is 10.2. The van der Waals surface area contributed by atoms with Crippen LogP contribution < -0.4 is 4.74 Å². The molecule has 0 aliphatic carbocycles. The normalized spacial score (nSPS) is 10.4. The average molecular weight is 276 g/mol. The van der Waals surface area contributed by atoms with E-state index in [-0.39, 0.29) is 0 Å². The Labute approximate surface area is 124 Å². The quantitative estimate of drug-likeness (QED) is 0.703. The minimum absolute atomic E-state index is 0.608. The molecule has 0 bridgehead atoms. The maximum absolute atomic E-state index is 5.74. The lowest BCUT2D eigenvalue weighted by molar-refractivity contribution is 0.462. The van der Waals surface area contributed by atoms with Gasteiger partial charge in [0.2, 0.25) is 5.88 Å². The molecule has 0 fully saturated rings. The largest absolute Gasteiger partial charge is 0.439 e. The summed E-state index contributed by atoms with van der Waals surface area (Å²) in [6.45, 7) is 3.93. The first kappa shape index (κ1) is 13.3. The molecule has 0 atom stereocenters. The van der Waals surface area contributed by atoms with Gasteiger partial charge in [0.15, 0.2) is 0 Å². The number of aryl methyl sites for hydroxylation is 2. The Kier molecular flexibility index (Phi) is 3.65. The van der Waals surface area contributed by atoms with E-state index in [4.69, 9.17) is 4.74 Å². The molecule has 3 aromatic rings. The van der Waals surface area contributed by atoms with E-state index in [2.05, 4.69) is 9.97 Å². The summed E-state index contributed by atoms with van der Waals surface area (Å²) in [6.07, 6.45) is 0. The second-order valence-corrected chi connectivity index (χ2v) is 4.91. The zero-order valence-corrected chi connectivity index (χ0v) is 12.1. The van der Waals surface area contributed by atoms with Gasteiger partial charge in [-0.05, 0) is 56.3 Å².